The fourth-order valence-corrected chi connectivity index (χ4v) is 2.03. The molecule has 0 bridgehead atoms. The van der Waals surface area contributed by atoms with Gasteiger partial charge in [-0.2, -0.15) is 0 Å². The molecule has 0 saturated carbocycles. The van der Waals surface area contributed by atoms with Gasteiger partial charge in [0, 0.05) is 25.0 Å². The number of rotatable bonds is 3. The number of aromatic hydroxyl groups is 1. The molecule has 7 nitrogen and oxygen atoms in total. The van der Waals surface area contributed by atoms with Crippen LogP contribution in [0.5, 0.6) is 5.75 Å². The third-order valence-corrected chi connectivity index (χ3v) is 3.13. The molecule has 20 heavy (non-hydrogen) atoms. The van der Waals surface area contributed by atoms with Crippen LogP contribution in [0.3, 0.4) is 0 Å². The van der Waals surface area contributed by atoms with E-state index < -0.39 is 0 Å². The summed E-state index contributed by atoms with van der Waals surface area (Å²) in [5.74, 6) is 0.195. The summed E-state index contributed by atoms with van der Waals surface area (Å²) in [5.41, 5.74) is 2.18. The van der Waals surface area contributed by atoms with E-state index >= 15 is 0 Å². The van der Waals surface area contributed by atoms with Crippen LogP contribution in [0.15, 0.2) is 41.5 Å². The lowest BCUT2D eigenvalue weighted by Gasteiger charge is -2.05. The number of nitrogens with zero attached hydrogens (tertiary/aromatic N) is 4. The molecule has 7 heteroatoms. The van der Waals surface area contributed by atoms with E-state index in [1.54, 1.807) is 53.0 Å². The Labute approximate surface area is 114 Å². The van der Waals surface area contributed by atoms with Gasteiger partial charge in [-0.05, 0) is 24.3 Å². The van der Waals surface area contributed by atoms with Gasteiger partial charge in [-0.15, -0.1) is 5.10 Å². The topological polar surface area (TPSA) is 88.7 Å². The highest BCUT2D eigenvalue weighted by Crippen LogP contribution is 2.23. The third-order valence-electron chi connectivity index (χ3n) is 3.13. The predicted octanol–water partition coefficient (Wildman–Crippen LogP) is 0.726. The zero-order valence-corrected chi connectivity index (χ0v) is 10.8. The lowest BCUT2D eigenvalue weighted by molar-refractivity contribution is 0.475. The highest BCUT2D eigenvalue weighted by Gasteiger charge is 2.14. The molecule has 102 valence electrons. The van der Waals surface area contributed by atoms with E-state index in [4.69, 9.17) is 0 Å². The Morgan fingerprint density at radius 3 is 2.70 bits per heavy atom. The van der Waals surface area contributed by atoms with Crippen LogP contribution in [0.2, 0.25) is 0 Å². The van der Waals surface area contributed by atoms with Crippen molar-refractivity contribution in [2.45, 2.75) is 6.54 Å². The first-order valence-corrected chi connectivity index (χ1v) is 6.07. The van der Waals surface area contributed by atoms with Crippen LogP contribution in [-0.2, 0) is 13.6 Å². The molecular weight excluding hydrogens is 258 g/mol. The summed E-state index contributed by atoms with van der Waals surface area (Å²) in [6.07, 6.45) is 3.27. The van der Waals surface area contributed by atoms with E-state index in [-0.39, 0.29) is 11.4 Å². The number of hydrogen-bond acceptors (Lipinski definition) is 4. The van der Waals surface area contributed by atoms with Gasteiger partial charge in [0.1, 0.15) is 11.4 Å². The van der Waals surface area contributed by atoms with Gasteiger partial charge >= 0.3 is 5.69 Å². The zero-order chi connectivity index (χ0) is 14.1. The van der Waals surface area contributed by atoms with Crippen LogP contribution in [0.25, 0.3) is 11.3 Å². The quantitative estimate of drug-likeness (QED) is 0.734. The summed E-state index contributed by atoms with van der Waals surface area (Å²) < 4.78 is 3.18. The number of H-pyrrole nitrogens is 1. The maximum absolute atomic E-state index is 11.6. The number of aryl methyl sites for hydroxylation is 1. The van der Waals surface area contributed by atoms with Crippen LogP contribution < -0.4 is 5.69 Å². The average molecular weight is 271 g/mol. The van der Waals surface area contributed by atoms with Crippen LogP contribution in [0.1, 0.15) is 5.69 Å². The number of nitrogens with one attached hydrogen (secondary N) is 1. The Bertz CT molecular complexity index is 782. The number of aromatic amines is 1. The first-order valence-electron chi connectivity index (χ1n) is 6.07. The fraction of sp³-hybridized carbons (Fsp3) is 0.154. The Morgan fingerprint density at radius 2 is 2.05 bits per heavy atom. The number of phenols is 1. The Morgan fingerprint density at radius 1 is 1.30 bits per heavy atom. The zero-order valence-electron chi connectivity index (χ0n) is 10.8. The lowest BCUT2D eigenvalue weighted by Crippen LogP contribution is -2.18. The molecule has 2 N–H and O–H groups in total. The predicted molar refractivity (Wildman–Crippen MR) is 72.3 cm³/mol. The molecule has 0 aliphatic rings. The summed E-state index contributed by atoms with van der Waals surface area (Å²) >= 11 is 0. The van der Waals surface area contributed by atoms with E-state index in [0.717, 1.165) is 11.3 Å². The van der Waals surface area contributed by atoms with Crippen molar-refractivity contribution < 1.29 is 5.11 Å². The molecule has 1 aromatic carbocycles. The highest BCUT2D eigenvalue weighted by atomic mass is 16.3. The number of hydrogen-bond donors (Lipinski definition) is 2. The second kappa shape index (κ2) is 4.69. The van der Waals surface area contributed by atoms with Crippen molar-refractivity contribution in [2.24, 2.45) is 7.05 Å². The van der Waals surface area contributed by atoms with Crippen molar-refractivity contribution in [1.82, 2.24) is 24.5 Å². The van der Waals surface area contributed by atoms with Crippen molar-refractivity contribution in [1.29, 1.82) is 0 Å². The standard InChI is InChI=1S/C13H13N5O2/c1-17-11(8-18-7-6-14-13(18)20)12(15-16-17)9-2-4-10(19)5-3-9/h2-7,19H,8H2,1H3,(H,14,20). The molecule has 2 aromatic heterocycles. The van der Waals surface area contributed by atoms with Crippen molar-refractivity contribution in [3.8, 4) is 17.0 Å². The molecule has 2 heterocycles. The molecular formula is C13H13N5O2. The molecule has 0 unspecified atom stereocenters. The SMILES string of the molecule is Cn1nnc(-c2ccc(O)cc2)c1Cn1cc[nH]c1=O. The number of phenolic OH excluding ortho intramolecular Hbond substituents is 1. The minimum atomic E-state index is -0.178. The monoisotopic (exact) mass is 271 g/mol. The summed E-state index contributed by atoms with van der Waals surface area (Å²) in [6.45, 7) is 0.377. The maximum Gasteiger partial charge on any atom is 0.325 e. The minimum absolute atomic E-state index is 0.178. The Balaban J connectivity index is 2.03. The van der Waals surface area contributed by atoms with E-state index in [2.05, 4.69) is 15.3 Å². The van der Waals surface area contributed by atoms with E-state index in [9.17, 15) is 9.90 Å². The van der Waals surface area contributed by atoms with Crippen LogP contribution in [0, 0.1) is 0 Å². The molecule has 3 aromatic rings. The van der Waals surface area contributed by atoms with Crippen molar-refractivity contribution in [3.63, 3.8) is 0 Å². The first-order chi connectivity index (χ1) is 9.65. The molecule has 0 fully saturated rings. The molecule has 0 saturated heterocycles. The second-order valence-electron chi connectivity index (χ2n) is 4.45. The average Bonchev–Trinajstić information content (AvgIpc) is 3.00. The van der Waals surface area contributed by atoms with Gasteiger partial charge in [0.15, 0.2) is 0 Å². The fourth-order valence-electron chi connectivity index (χ4n) is 2.03. The van der Waals surface area contributed by atoms with Crippen molar-refractivity contribution in [3.05, 3.63) is 52.8 Å². The smallest absolute Gasteiger partial charge is 0.325 e. The van der Waals surface area contributed by atoms with Gasteiger partial charge in [0.25, 0.3) is 0 Å². The van der Waals surface area contributed by atoms with E-state index in [1.165, 1.54) is 0 Å². The molecule has 0 spiro atoms. The number of imidazole rings is 1. The van der Waals surface area contributed by atoms with Gasteiger partial charge in [0.05, 0.1) is 12.2 Å². The minimum Gasteiger partial charge on any atom is -0.508 e. The van der Waals surface area contributed by atoms with Crippen LogP contribution >= 0.6 is 0 Å². The first kappa shape index (κ1) is 12.2. The lowest BCUT2D eigenvalue weighted by atomic mass is 10.1. The van der Waals surface area contributed by atoms with E-state index in [1.807, 2.05) is 0 Å². The largest absolute Gasteiger partial charge is 0.508 e. The molecule has 0 radical (unpaired) electrons. The van der Waals surface area contributed by atoms with Gasteiger partial charge in [-0.25, -0.2) is 9.48 Å². The normalized spacial score (nSPS) is 10.8. The molecule has 0 atom stereocenters. The second-order valence-corrected chi connectivity index (χ2v) is 4.45. The summed E-state index contributed by atoms with van der Waals surface area (Å²) in [5, 5.41) is 17.5. The van der Waals surface area contributed by atoms with Gasteiger partial charge in [0.2, 0.25) is 0 Å². The molecule has 3 rings (SSSR count). The Kier molecular flexibility index (Phi) is 2.86. The Hall–Kier alpha value is -2.83. The van der Waals surface area contributed by atoms with Crippen molar-refractivity contribution in [2.75, 3.05) is 0 Å². The molecule has 0 aliphatic heterocycles. The van der Waals surface area contributed by atoms with Crippen LogP contribution in [0.4, 0.5) is 0 Å². The third kappa shape index (κ3) is 2.09. The van der Waals surface area contributed by atoms with Crippen molar-refractivity contribution >= 4 is 0 Å². The molecule has 0 aliphatic carbocycles. The van der Waals surface area contributed by atoms with Crippen LogP contribution in [-0.4, -0.2) is 29.7 Å². The highest BCUT2D eigenvalue weighted by molar-refractivity contribution is 5.62. The summed E-state index contributed by atoms with van der Waals surface area (Å²) in [7, 11) is 1.78. The molecule has 0 amide bonds. The maximum atomic E-state index is 11.6. The number of aromatic nitrogens is 5. The van der Waals surface area contributed by atoms with E-state index in [0.29, 0.717) is 12.2 Å². The van der Waals surface area contributed by atoms with Gasteiger partial charge < -0.3 is 10.1 Å². The summed E-state index contributed by atoms with van der Waals surface area (Å²) in [6, 6.07) is 6.72. The van der Waals surface area contributed by atoms with Gasteiger partial charge in [-0.3, -0.25) is 4.57 Å². The number of benzene rings is 1. The van der Waals surface area contributed by atoms with Gasteiger partial charge in [-0.1, -0.05) is 5.21 Å². The summed E-state index contributed by atoms with van der Waals surface area (Å²) in [4.78, 5) is 14.2.